The summed E-state index contributed by atoms with van der Waals surface area (Å²) in [5.74, 6) is 2.57. The second-order valence-corrected chi connectivity index (χ2v) is 10.6. The lowest BCUT2D eigenvalue weighted by molar-refractivity contribution is 0.226. The van der Waals surface area contributed by atoms with Gasteiger partial charge in [-0.25, -0.2) is 4.98 Å². The molecule has 36 heavy (non-hydrogen) atoms. The molecule has 1 aliphatic rings. The van der Waals surface area contributed by atoms with E-state index in [1.54, 1.807) is 12.1 Å². The van der Waals surface area contributed by atoms with Crippen LogP contribution < -0.4 is 5.32 Å². The summed E-state index contributed by atoms with van der Waals surface area (Å²) in [4.78, 5) is 5.03. The molecule has 4 nitrogen and oxygen atoms in total. The minimum absolute atomic E-state index is 0.330. The van der Waals surface area contributed by atoms with Crippen molar-refractivity contribution in [3.05, 3.63) is 72.1 Å². The zero-order chi connectivity index (χ0) is 25.2. The van der Waals surface area contributed by atoms with Crippen molar-refractivity contribution in [1.82, 2.24) is 14.9 Å². The van der Waals surface area contributed by atoms with Crippen LogP contribution in [0.2, 0.25) is 0 Å². The SMILES string of the molecule is CCCCC(c1cnc(-c2ccccc2)n1CCCC)C(NCc1ccc(O)cc1)C1CCCCC1. The minimum Gasteiger partial charge on any atom is -0.508 e. The summed E-state index contributed by atoms with van der Waals surface area (Å²) < 4.78 is 2.54. The smallest absolute Gasteiger partial charge is 0.140 e. The van der Waals surface area contributed by atoms with E-state index in [2.05, 4.69) is 60.3 Å². The van der Waals surface area contributed by atoms with E-state index in [0.717, 1.165) is 18.9 Å². The minimum atomic E-state index is 0.330. The first kappa shape index (κ1) is 26.5. The van der Waals surface area contributed by atoms with Gasteiger partial charge < -0.3 is 15.0 Å². The normalized spacial score (nSPS) is 16.2. The molecule has 1 aliphatic carbocycles. The fourth-order valence-electron chi connectivity index (χ4n) is 5.97. The van der Waals surface area contributed by atoms with E-state index in [1.807, 2.05) is 12.1 Å². The maximum absolute atomic E-state index is 9.74. The molecule has 2 N–H and O–H groups in total. The molecule has 0 aliphatic heterocycles. The number of imidazole rings is 1. The number of aromatic nitrogens is 2. The third-order valence-corrected chi connectivity index (χ3v) is 7.97. The van der Waals surface area contributed by atoms with Gasteiger partial charge in [0.15, 0.2) is 0 Å². The number of rotatable bonds is 13. The van der Waals surface area contributed by atoms with Crippen LogP contribution in [0.4, 0.5) is 0 Å². The van der Waals surface area contributed by atoms with Gasteiger partial charge in [0.05, 0.1) is 0 Å². The standard InChI is InChI=1S/C32H45N3O/c1-3-5-17-29(30-24-34-32(35(30)22-6-4-2)27-15-11-8-12-16-27)31(26-13-9-7-10-14-26)33-23-25-18-20-28(36)21-19-25/h8,11-12,15-16,18-21,24,26,29,31,33,36H,3-7,9-10,13-14,17,22-23H2,1-2H3. The lowest BCUT2D eigenvalue weighted by atomic mass is 9.76. The largest absolute Gasteiger partial charge is 0.508 e. The Hall–Kier alpha value is -2.59. The molecule has 2 atom stereocenters. The van der Waals surface area contributed by atoms with Gasteiger partial charge in [0.1, 0.15) is 11.6 Å². The van der Waals surface area contributed by atoms with Crippen LogP contribution in [-0.4, -0.2) is 20.7 Å². The fraction of sp³-hybridized carbons (Fsp3) is 0.531. The fourth-order valence-corrected chi connectivity index (χ4v) is 5.97. The molecule has 1 fully saturated rings. The molecule has 0 saturated heterocycles. The Morgan fingerprint density at radius 2 is 1.67 bits per heavy atom. The van der Waals surface area contributed by atoms with E-state index in [4.69, 9.17) is 4.98 Å². The Morgan fingerprint density at radius 3 is 2.36 bits per heavy atom. The first-order valence-electron chi connectivity index (χ1n) is 14.3. The third kappa shape index (κ3) is 6.79. The number of unbranched alkanes of at least 4 members (excludes halogenated alkanes) is 2. The molecule has 0 bridgehead atoms. The molecule has 3 aromatic rings. The quantitative estimate of drug-likeness (QED) is 0.256. The van der Waals surface area contributed by atoms with E-state index < -0.39 is 0 Å². The molecule has 2 aromatic carbocycles. The zero-order valence-corrected chi connectivity index (χ0v) is 22.3. The predicted molar refractivity (Wildman–Crippen MR) is 150 cm³/mol. The molecule has 194 valence electrons. The van der Waals surface area contributed by atoms with Crippen LogP contribution >= 0.6 is 0 Å². The lowest BCUT2D eigenvalue weighted by Gasteiger charge is -2.37. The number of benzene rings is 2. The van der Waals surface area contributed by atoms with Crippen LogP contribution in [0.3, 0.4) is 0 Å². The summed E-state index contributed by atoms with van der Waals surface area (Å²) in [7, 11) is 0. The summed E-state index contributed by atoms with van der Waals surface area (Å²) in [6, 6.07) is 18.8. The van der Waals surface area contributed by atoms with Crippen molar-refractivity contribution in [2.75, 3.05) is 0 Å². The van der Waals surface area contributed by atoms with E-state index in [-0.39, 0.29) is 0 Å². The average Bonchev–Trinajstić information content (AvgIpc) is 3.34. The van der Waals surface area contributed by atoms with Crippen molar-refractivity contribution in [3.8, 4) is 17.1 Å². The second kappa shape index (κ2) is 13.6. The molecule has 0 spiro atoms. The molecule has 4 rings (SSSR count). The molecule has 4 heteroatoms. The molecular weight excluding hydrogens is 442 g/mol. The number of nitrogens with one attached hydrogen (secondary N) is 1. The van der Waals surface area contributed by atoms with Crippen LogP contribution in [0.1, 0.15) is 95.2 Å². The van der Waals surface area contributed by atoms with E-state index in [9.17, 15) is 5.11 Å². The second-order valence-electron chi connectivity index (χ2n) is 10.6. The van der Waals surface area contributed by atoms with Gasteiger partial charge in [-0.15, -0.1) is 0 Å². The summed E-state index contributed by atoms with van der Waals surface area (Å²) in [6.45, 7) is 6.43. The summed E-state index contributed by atoms with van der Waals surface area (Å²) >= 11 is 0. The van der Waals surface area contributed by atoms with Crippen LogP contribution in [0.5, 0.6) is 5.75 Å². The van der Waals surface area contributed by atoms with Crippen molar-refractivity contribution < 1.29 is 5.11 Å². The summed E-state index contributed by atoms with van der Waals surface area (Å²) in [5, 5.41) is 13.8. The van der Waals surface area contributed by atoms with Crippen molar-refractivity contribution in [1.29, 1.82) is 0 Å². The van der Waals surface area contributed by atoms with Gasteiger partial charge in [-0.05, 0) is 49.3 Å². The van der Waals surface area contributed by atoms with Crippen LogP contribution in [0.15, 0.2) is 60.8 Å². The predicted octanol–water partition coefficient (Wildman–Crippen LogP) is 8.07. The maximum atomic E-state index is 9.74. The Morgan fingerprint density at radius 1 is 0.944 bits per heavy atom. The number of hydrogen-bond donors (Lipinski definition) is 2. The molecule has 0 amide bonds. The average molecular weight is 488 g/mol. The Labute approximate surface area is 218 Å². The zero-order valence-electron chi connectivity index (χ0n) is 22.3. The van der Waals surface area contributed by atoms with Gasteiger partial charge in [0, 0.05) is 42.5 Å². The Kier molecular flexibility index (Phi) is 10.0. The molecular formula is C32H45N3O. The molecule has 1 heterocycles. The molecule has 1 saturated carbocycles. The Bertz CT molecular complexity index is 1020. The third-order valence-electron chi connectivity index (χ3n) is 7.97. The van der Waals surface area contributed by atoms with E-state index in [1.165, 1.54) is 81.0 Å². The lowest BCUT2D eigenvalue weighted by Crippen LogP contribution is -2.42. The van der Waals surface area contributed by atoms with Crippen LogP contribution in [-0.2, 0) is 13.1 Å². The maximum Gasteiger partial charge on any atom is 0.140 e. The van der Waals surface area contributed by atoms with Crippen molar-refractivity contribution in [2.45, 2.75) is 103 Å². The van der Waals surface area contributed by atoms with Crippen LogP contribution in [0.25, 0.3) is 11.4 Å². The highest BCUT2D eigenvalue weighted by molar-refractivity contribution is 5.56. The highest BCUT2D eigenvalue weighted by Crippen LogP contribution is 2.38. The highest BCUT2D eigenvalue weighted by Gasteiger charge is 2.33. The molecule has 1 aromatic heterocycles. The van der Waals surface area contributed by atoms with E-state index in [0.29, 0.717) is 23.6 Å². The number of nitrogens with zero attached hydrogens (tertiary/aromatic N) is 2. The van der Waals surface area contributed by atoms with Crippen molar-refractivity contribution >= 4 is 0 Å². The van der Waals surface area contributed by atoms with Gasteiger partial charge in [-0.2, -0.15) is 0 Å². The Balaban J connectivity index is 1.70. The molecule has 2 unspecified atom stereocenters. The van der Waals surface area contributed by atoms with Gasteiger partial charge in [0.2, 0.25) is 0 Å². The number of aromatic hydroxyl groups is 1. The topological polar surface area (TPSA) is 50.1 Å². The van der Waals surface area contributed by atoms with Crippen molar-refractivity contribution in [2.24, 2.45) is 5.92 Å². The first-order chi connectivity index (χ1) is 17.7. The highest BCUT2D eigenvalue weighted by atomic mass is 16.3. The van der Waals surface area contributed by atoms with Gasteiger partial charge in [-0.3, -0.25) is 0 Å². The van der Waals surface area contributed by atoms with Gasteiger partial charge in [0.25, 0.3) is 0 Å². The van der Waals surface area contributed by atoms with Gasteiger partial charge in [-0.1, -0.05) is 94.8 Å². The monoisotopic (exact) mass is 487 g/mol. The van der Waals surface area contributed by atoms with Crippen molar-refractivity contribution in [3.63, 3.8) is 0 Å². The molecule has 0 radical (unpaired) electrons. The number of phenolic OH excluding ortho intramolecular Hbond substituents is 1. The number of hydrogen-bond acceptors (Lipinski definition) is 3. The summed E-state index contributed by atoms with van der Waals surface area (Å²) in [6.07, 6.45) is 14.8. The summed E-state index contributed by atoms with van der Waals surface area (Å²) in [5.41, 5.74) is 3.84. The first-order valence-corrected chi connectivity index (χ1v) is 14.3. The van der Waals surface area contributed by atoms with Gasteiger partial charge >= 0.3 is 0 Å². The number of phenols is 1. The van der Waals surface area contributed by atoms with Crippen LogP contribution in [0, 0.1) is 5.92 Å². The van der Waals surface area contributed by atoms with E-state index >= 15 is 0 Å².